The third kappa shape index (κ3) is 3.64. The highest BCUT2D eigenvalue weighted by molar-refractivity contribution is 6.02. The Kier molecular flexibility index (Phi) is 5.13. The maximum Gasteiger partial charge on any atom is 0.227 e. The zero-order chi connectivity index (χ0) is 19.7. The van der Waals surface area contributed by atoms with Gasteiger partial charge in [-0.15, -0.1) is 0 Å². The van der Waals surface area contributed by atoms with Crippen LogP contribution in [-0.4, -0.2) is 21.9 Å². The van der Waals surface area contributed by atoms with Crippen LogP contribution in [0.5, 0.6) is 0 Å². The summed E-state index contributed by atoms with van der Waals surface area (Å²) < 4.78 is 14.1. The molecule has 1 atom stereocenters. The molecule has 1 unspecified atom stereocenters. The minimum absolute atomic E-state index is 0.00296. The molecule has 0 radical (unpaired) electrons. The van der Waals surface area contributed by atoms with Crippen molar-refractivity contribution in [1.29, 1.82) is 0 Å². The molecule has 28 heavy (non-hydrogen) atoms. The van der Waals surface area contributed by atoms with Crippen molar-refractivity contribution in [3.05, 3.63) is 48.4 Å². The van der Waals surface area contributed by atoms with Crippen molar-refractivity contribution in [2.24, 2.45) is 17.6 Å². The van der Waals surface area contributed by atoms with Crippen molar-refractivity contribution in [1.82, 2.24) is 9.97 Å². The van der Waals surface area contributed by atoms with Crippen LogP contribution in [0.25, 0.3) is 22.3 Å². The lowest BCUT2D eigenvalue weighted by atomic mass is 9.79. The first kappa shape index (κ1) is 18.6. The van der Waals surface area contributed by atoms with Crippen molar-refractivity contribution >= 4 is 22.6 Å². The van der Waals surface area contributed by atoms with Gasteiger partial charge in [0.1, 0.15) is 11.5 Å². The molecule has 0 aliphatic heterocycles. The number of anilines is 1. The number of carbonyl (C=O) groups excluding carboxylic acids is 1. The lowest BCUT2D eigenvalue weighted by molar-refractivity contribution is -0.121. The Hall–Kier alpha value is -2.73. The standard InChI is InChI=1S/C22H25FN4O/c1-13(24)14-6-8-15(9-7-14)22(28)27-19-10-11-25-21-17(19)12-20(26-21)16-4-2-3-5-18(16)23/h2-5,10-15H,6-9,24H2,1H3,(H2,25,26,27,28). The molecule has 1 aromatic carbocycles. The van der Waals surface area contributed by atoms with Gasteiger partial charge in [0.25, 0.3) is 0 Å². The summed E-state index contributed by atoms with van der Waals surface area (Å²) in [5, 5.41) is 3.83. The van der Waals surface area contributed by atoms with Crippen LogP contribution < -0.4 is 11.1 Å². The molecule has 5 nitrogen and oxygen atoms in total. The fourth-order valence-electron chi connectivity index (χ4n) is 4.10. The first-order valence-electron chi connectivity index (χ1n) is 9.82. The Morgan fingerprint density at radius 3 is 2.71 bits per heavy atom. The topological polar surface area (TPSA) is 83.8 Å². The van der Waals surface area contributed by atoms with Gasteiger partial charge < -0.3 is 16.0 Å². The molecular formula is C22H25FN4O. The number of hydrogen-bond donors (Lipinski definition) is 3. The van der Waals surface area contributed by atoms with Crippen LogP contribution in [0.3, 0.4) is 0 Å². The summed E-state index contributed by atoms with van der Waals surface area (Å²) in [7, 11) is 0. The number of rotatable bonds is 4. The van der Waals surface area contributed by atoms with Crippen molar-refractivity contribution < 1.29 is 9.18 Å². The predicted molar refractivity (Wildman–Crippen MR) is 109 cm³/mol. The Bertz CT molecular complexity index is 989. The normalized spacial score (nSPS) is 20.8. The highest BCUT2D eigenvalue weighted by atomic mass is 19.1. The number of nitrogens with zero attached hydrogens (tertiary/aromatic N) is 1. The van der Waals surface area contributed by atoms with E-state index in [1.807, 2.05) is 13.0 Å². The molecule has 3 aromatic rings. The molecule has 1 aliphatic rings. The smallest absolute Gasteiger partial charge is 0.227 e. The summed E-state index contributed by atoms with van der Waals surface area (Å²) in [6.45, 7) is 2.04. The molecule has 4 N–H and O–H groups in total. The molecule has 2 aromatic heterocycles. The number of fused-ring (bicyclic) bond motifs is 1. The van der Waals surface area contributed by atoms with Crippen molar-refractivity contribution in [2.45, 2.75) is 38.6 Å². The number of pyridine rings is 1. The fourth-order valence-corrected chi connectivity index (χ4v) is 4.10. The van der Waals surface area contributed by atoms with Crippen LogP contribution >= 0.6 is 0 Å². The number of hydrogen-bond acceptors (Lipinski definition) is 3. The number of H-pyrrole nitrogens is 1. The van der Waals surface area contributed by atoms with Gasteiger partial charge in [0.05, 0.1) is 11.4 Å². The van der Waals surface area contributed by atoms with Crippen LogP contribution in [0.15, 0.2) is 42.6 Å². The quantitative estimate of drug-likeness (QED) is 0.625. The summed E-state index contributed by atoms with van der Waals surface area (Å²) in [4.78, 5) is 20.3. The van der Waals surface area contributed by atoms with E-state index in [0.29, 0.717) is 28.5 Å². The van der Waals surface area contributed by atoms with E-state index in [-0.39, 0.29) is 23.7 Å². The molecule has 0 bridgehead atoms. The van der Waals surface area contributed by atoms with Gasteiger partial charge in [-0.1, -0.05) is 12.1 Å². The van der Waals surface area contributed by atoms with Gasteiger partial charge >= 0.3 is 0 Å². The molecule has 0 spiro atoms. The van der Waals surface area contributed by atoms with E-state index < -0.39 is 0 Å². The van der Waals surface area contributed by atoms with Crippen molar-refractivity contribution in [3.8, 4) is 11.3 Å². The zero-order valence-electron chi connectivity index (χ0n) is 15.9. The van der Waals surface area contributed by atoms with Crippen LogP contribution in [-0.2, 0) is 4.79 Å². The minimum Gasteiger partial charge on any atom is -0.339 e. The van der Waals surface area contributed by atoms with Gasteiger partial charge in [-0.25, -0.2) is 9.37 Å². The molecule has 0 saturated heterocycles. The minimum atomic E-state index is -0.300. The summed E-state index contributed by atoms with van der Waals surface area (Å²) in [6.07, 6.45) is 5.35. The number of nitrogens with two attached hydrogens (primary N) is 1. The molecule has 1 fully saturated rings. The molecule has 2 heterocycles. The van der Waals surface area contributed by atoms with E-state index in [1.54, 1.807) is 30.5 Å². The van der Waals surface area contributed by atoms with E-state index in [1.165, 1.54) is 6.07 Å². The molecule has 4 rings (SSSR count). The summed E-state index contributed by atoms with van der Waals surface area (Å²) in [6, 6.07) is 10.4. The number of amides is 1. The maximum absolute atomic E-state index is 14.1. The summed E-state index contributed by atoms with van der Waals surface area (Å²) >= 11 is 0. The van der Waals surface area contributed by atoms with E-state index in [4.69, 9.17) is 5.73 Å². The molecule has 1 aliphatic carbocycles. The Labute approximate surface area is 163 Å². The number of benzene rings is 1. The van der Waals surface area contributed by atoms with Crippen molar-refractivity contribution in [3.63, 3.8) is 0 Å². The predicted octanol–water partition coefficient (Wildman–Crippen LogP) is 4.46. The monoisotopic (exact) mass is 380 g/mol. The zero-order valence-corrected chi connectivity index (χ0v) is 15.9. The molecule has 1 saturated carbocycles. The van der Waals surface area contributed by atoms with Crippen LogP contribution in [0, 0.1) is 17.7 Å². The highest BCUT2D eigenvalue weighted by Crippen LogP contribution is 2.33. The SMILES string of the molecule is CC(N)C1CCC(C(=O)Nc2ccnc3[nH]c(-c4ccccc4F)cc23)CC1. The highest BCUT2D eigenvalue weighted by Gasteiger charge is 2.28. The van der Waals surface area contributed by atoms with Gasteiger partial charge in [0, 0.05) is 29.1 Å². The second-order valence-corrected chi connectivity index (χ2v) is 7.74. The molecule has 146 valence electrons. The van der Waals surface area contributed by atoms with Crippen LogP contribution in [0.1, 0.15) is 32.6 Å². The third-order valence-corrected chi connectivity index (χ3v) is 5.84. The van der Waals surface area contributed by atoms with Crippen LogP contribution in [0.4, 0.5) is 10.1 Å². The second-order valence-electron chi connectivity index (χ2n) is 7.74. The van der Waals surface area contributed by atoms with Crippen molar-refractivity contribution in [2.75, 3.05) is 5.32 Å². The molecule has 6 heteroatoms. The maximum atomic E-state index is 14.1. The second kappa shape index (κ2) is 7.72. The van der Waals surface area contributed by atoms with Gasteiger partial charge in [-0.3, -0.25) is 4.79 Å². The number of aromatic nitrogens is 2. The van der Waals surface area contributed by atoms with Gasteiger partial charge in [0.2, 0.25) is 5.91 Å². The van der Waals surface area contributed by atoms with E-state index in [9.17, 15) is 9.18 Å². The summed E-state index contributed by atoms with van der Waals surface area (Å²) in [5.41, 5.74) is 8.43. The average Bonchev–Trinajstić information content (AvgIpc) is 3.13. The fraction of sp³-hybridized carbons (Fsp3) is 0.364. The lowest BCUT2D eigenvalue weighted by Crippen LogP contribution is -2.33. The number of nitrogens with one attached hydrogen (secondary N) is 2. The van der Waals surface area contributed by atoms with E-state index >= 15 is 0 Å². The molecular weight excluding hydrogens is 355 g/mol. The number of halogens is 1. The number of aromatic amines is 1. The lowest BCUT2D eigenvalue weighted by Gasteiger charge is -2.30. The largest absolute Gasteiger partial charge is 0.339 e. The Balaban J connectivity index is 1.55. The van der Waals surface area contributed by atoms with E-state index in [0.717, 1.165) is 31.1 Å². The summed E-state index contributed by atoms with van der Waals surface area (Å²) in [5.74, 6) is 0.239. The molecule has 1 amide bonds. The number of carbonyl (C=O) groups is 1. The Morgan fingerprint density at radius 1 is 1.25 bits per heavy atom. The van der Waals surface area contributed by atoms with Gasteiger partial charge in [-0.2, -0.15) is 0 Å². The Morgan fingerprint density at radius 2 is 2.00 bits per heavy atom. The van der Waals surface area contributed by atoms with E-state index in [2.05, 4.69) is 15.3 Å². The third-order valence-electron chi connectivity index (χ3n) is 5.84. The first-order valence-corrected chi connectivity index (χ1v) is 9.82. The van der Waals surface area contributed by atoms with Crippen LogP contribution in [0.2, 0.25) is 0 Å². The average molecular weight is 380 g/mol. The first-order chi connectivity index (χ1) is 13.5. The van der Waals surface area contributed by atoms with Gasteiger partial charge in [0.15, 0.2) is 0 Å². The van der Waals surface area contributed by atoms with Gasteiger partial charge in [-0.05, 0) is 62.8 Å².